The predicted octanol–water partition coefficient (Wildman–Crippen LogP) is 2.63. The van der Waals surface area contributed by atoms with Crippen molar-refractivity contribution in [1.82, 2.24) is 0 Å². The van der Waals surface area contributed by atoms with Crippen molar-refractivity contribution in [2.45, 2.75) is 26.4 Å². The Kier molecular flexibility index (Phi) is 4.93. The molecule has 20 heavy (non-hydrogen) atoms. The Morgan fingerprint density at radius 3 is 2.55 bits per heavy atom. The average Bonchev–Trinajstić information content (AvgIpc) is 2.41. The fourth-order valence-corrected chi connectivity index (χ4v) is 2.05. The lowest BCUT2D eigenvalue weighted by Gasteiger charge is -2.26. The van der Waals surface area contributed by atoms with E-state index < -0.39 is 0 Å². The van der Waals surface area contributed by atoms with E-state index in [1.807, 2.05) is 30.3 Å². The van der Waals surface area contributed by atoms with Crippen molar-refractivity contribution in [3.05, 3.63) is 47.5 Å². The molecule has 0 aromatic heterocycles. The molecule has 0 saturated heterocycles. The third-order valence-corrected chi connectivity index (χ3v) is 3.18. The van der Waals surface area contributed by atoms with Crippen LogP contribution in [0.15, 0.2) is 42.0 Å². The molecule has 1 aliphatic carbocycles. The van der Waals surface area contributed by atoms with Gasteiger partial charge in [0.05, 0.1) is 12.5 Å². The van der Waals surface area contributed by atoms with Gasteiger partial charge in [-0.15, -0.1) is 0 Å². The van der Waals surface area contributed by atoms with E-state index in [-0.39, 0.29) is 24.5 Å². The second kappa shape index (κ2) is 6.89. The van der Waals surface area contributed by atoms with Gasteiger partial charge < -0.3 is 9.47 Å². The minimum atomic E-state index is -0.355. The zero-order valence-electron chi connectivity index (χ0n) is 11.5. The van der Waals surface area contributed by atoms with Crippen LogP contribution >= 0.6 is 0 Å². The van der Waals surface area contributed by atoms with E-state index in [0.29, 0.717) is 19.4 Å². The van der Waals surface area contributed by atoms with E-state index in [2.05, 4.69) is 0 Å². The third-order valence-electron chi connectivity index (χ3n) is 3.18. The highest BCUT2D eigenvalue weighted by Crippen LogP contribution is 2.33. The highest BCUT2D eigenvalue weighted by Gasteiger charge is 2.31. The Hall–Kier alpha value is -2.10. The number of hydrogen-bond acceptors (Lipinski definition) is 4. The molecule has 2 rings (SSSR count). The van der Waals surface area contributed by atoms with Gasteiger partial charge in [0, 0.05) is 6.08 Å². The molecule has 0 spiro atoms. The molecule has 0 heterocycles. The van der Waals surface area contributed by atoms with Crippen molar-refractivity contribution in [1.29, 1.82) is 0 Å². The molecule has 1 aliphatic rings. The van der Waals surface area contributed by atoms with Gasteiger partial charge in [-0.25, -0.2) is 4.79 Å². The molecule has 0 N–H and O–H groups in total. The van der Waals surface area contributed by atoms with E-state index in [9.17, 15) is 9.59 Å². The largest absolute Gasteiger partial charge is 0.466 e. The second-order valence-electron chi connectivity index (χ2n) is 4.75. The molecule has 0 aliphatic heterocycles. The number of esters is 2. The molecule has 1 aromatic rings. The van der Waals surface area contributed by atoms with Crippen LogP contribution < -0.4 is 0 Å². The summed E-state index contributed by atoms with van der Waals surface area (Å²) >= 11 is 0. The van der Waals surface area contributed by atoms with Crippen LogP contribution in [0.25, 0.3) is 0 Å². The van der Waals surface area contributed by atoms with Crippen LogP contribution in [-0.2, 0) is 25.7 Å². The van der Waals surface area contributed by atoms with Crippen LogP contribution in [0.1, 0.15) is 25.3 Å². The van der Waals surface area contributed by atoms with Crippen molar-refractivity contribution in [2.75, 3.05) is 6.61 Å². The van der Waals surface area contributed by atoms with E-state index in [0.717, 1.165) is 11.1 Å². The minimum absolute atomic E-state index is 0.0943. The van der Waals surface area contributed by atoms with Crippen molar-refractivity contribution in [3.63, 3.8) is 0 Å². The molecule has 1 fully saturated rings. The van der Waals surface area contributed by atoms with Crippen LogP contribution in [0.2, 0.25) is 0 Å². The maximum Gasteiger partial charge on any atom is 0.331 e. The molecule has 1 saturated carbocycles. The first kappa shape index (κ1) is 14.3. The molecule has 4 heteroatoms. The van der Waals surface area contributed by atoms with E-state index in [4.69, 9.17) is 9.47 Å². The fourth-order valence-electron chi connectivity index (χ4n) is 2.05. The summed E-state index contributed by atoms with van der Waals surface area (Å²) < 4.78 is 10.1. The number of rotatable bonds is 5. The van der Waals surface area contributed by atoms with Crippen molar-refractivity contribution in [3.8, 4) is 0 Å². The van der Waals surface area contributed by atoms with Gasteiger partial charge in [0.2, 0.25) is 0 Å². The fraction of sp³-hybridized carbons (Fsp3) is 0.375. The first-order valence-electron chi connectivity index (χ1n) is 6.75. The summed E-state index contributed by atoms with van der Waals surface area (Å²) in [5.41, 5.74) is 1.90. The third kappa shape index (κ3) is 3.95. The smallest absolute Gasteiger partial charge is 0.331 e. The number of allylic oxidation sites excluding steroid dienone is 1. The number of carbonyl (C=O) groups is 2. The Bertz CT molecular complexity index is 496. The summed E-state index contributed by atoms with van der Waals surface area (Å²) in [6.45, 7) is 2.45. The molecule has 0 unspecified atom stereocenters. The first-order chi connectivity index (χ1) is 9.69. The molecule has 4 nitrogen and oxygen atoms in total. The summed E-state index contributed by atoms with van der Waals surface area (Å²) in [4.78, 5) is 23.0. The van der Waals surface area contributed by atoms with Gasteiger partial charge in [-0.3, -0.25) is 4.79 Å². The van der Waals surface area contributed by atoms with Crippen LogP contribution in [0.3, 0.4) is 0 Å². The lowest BCUT2D eigenvalue weighted by molar-refractivity contribution is -0.149. The lowest BCUT2D eigenvalue weighted by atomic mass is 9.80. The summed E-state index contributed by atoms with van der Waals surface area (Å²) in [5, 5.41) is 0. The Labute approximate surface area is 118 Å². The molecular formula is C16H18O4. The minimum Gasteiger partial charge on any atom is -0.466 e. The molecule has 0 amide bonds. The second-order valence-corrected chi connectivity index (χ2v) is 4.75. The van der Waals surface area contributed by atoms with Gasteiger partial charge in [0.25, 0.3) is 0 Å². The van der Waals surface area contributed by atoms with Crippen molar-refractivity contribution in [2.24, 2.45) is 5.92 Å². The molecule has 0 radical (unpaired) electrons. The van der Waals surface area contributed by atoms with Crippen LogP contribution in [0, 0.1) is 5.92 Å². The molecular weight excluding hydrogens is 256 g/mol. The summed E-state index contributed by atoms with van der Waals surface area (Å²) in [6.07, 6.45) is 2.68. The van der Waals surface area contributed by atoms with Gasteiger partial charge in [0.1, 0.15) is 6.61 Å². The normalized spacial score (nSPS) is 17.1. The summed E-state index contributed by atoms with van der Waals surface area (Å²) in [6, 6.07) is 9.52. The lowest BCUT2D eigenvalue weighted by Crippen LogP contribution is -2.26. The quantitative estimate of drug-likeness (QED) is 0.612. The SMILES string of the molecule is CCOC(=O)C1CC(=CC(=O)OCc2ccccc2)C1. The number of ether oxygens (including phenoxy) is 2. The van der Waals surface area contributed by atoms with Crippen LogP contribution in [-0.4, -0.2) is 18.5 Å². The molecule has 106 valence electrons. The van der Waals surface area contributed by atoms with Gasteiger partial charge in [-0.1, -0.05) is 35.9 Å². The highest BCUT2D eigenvalue weighted by molar-refractivity contribution is 5.84. The topological polar surface area (TPSA) is 52.6 Å². The maximum atomic E-state index is 11.6. The Balaban J connectivity index is 1.73. The Morgan fingerprint density at radius 1 is 1.20 bits per heavy atom. The molecule has 1 aromatic carbocycles. The predicted molar refractivity (Wildman–Crippen MR) is 73.7 cm³/mol. The van der Waals surface area contributed by atoms with Crippen LogP contribution in [0.5, 0.6) is 0 Å². The van der Waals surface area contributed by atoms with E-state index in [1.54, 1.807) is 6.92 Å². The molecule has 0 atom stereocenters. The zero-order chi connectivity index (χ0) is 14.4. The maximum absolute atomic E-state index is 11.6. The highest BCUT2D eigenvalue weighted by atomic mass is 16.5. The first-order valence-corrected chi connectivity index (χ1v) is 6.75. The Morgan fingerprint density at radius 2 is 1.90 bits per heavy atom. The average molecular weight is 274 g/mol. The van der Waals surface area contributed by atoms with E-state index >= 15 is 0 Å². The number of hydrogen-bond donors (Lipinski definition) is 0. The monoisotopic (exact) mass is 274 g/mol. The van der Waals surface area contributed by atoms with Crippen molar-refractivity contribution >= 4 is 11.9 Å². The van der Waals surface area contributed by atoms with Crippen LogP contribution in [0.4, 0.5) is 0 Å². The van der Waals surface area contributed by atoms with E-state index in [1.165, 1.54) is 6.08 Å². The zero-order valence-corrected chi connectivity index (χ0v) is 11.5. The van der Waals surface area contributed by atoms with Gasteiger partial charge in [0.15, 0.2) is 0 Å². The number of carbonyl (C=O) groups excluding carboxylic acids is 2. The number of benzene rings is 1. The van der Waals surface area contributed by atoms with Gasteiger partial charge in [-0.2, -0.15) is 0 Å². The standard InChI is InChI=1S/C16H18O4/c1-2-19-16(18)14-8-13(9-14)10-15(17)20-11-12-6-4-3-5-7-12/h3-7,10,14H,2,8-9,11H2,1H3. The summed E-state index contributed by atoms with van der Waals surface area (Å²) in [5.74, 6) is -0.628. The summed E-state index contributed by atoms with van der Waals surface area (Å²) in [7, 11) is 0. The molecule has 0 bridgehead atoms. The van der Waals surface area contributed by atoms with Gasteiger partial charge in [-0.05, 0) is 25.3 Å². The van der Waals surface area contributed by atoms with Gasteiger partial charge >= 0.3 is 11.9 Å². The van der Waals surface area contributed by atoms with Crippen molar-refractivity contribution < 1.29 is 19.1 Å².